The van der Waals surface area contributed by atoms with Crippen LogP contribution in [0.4, 0.5) is 0 Å². The Labute approximate surface area is 120 Å². The summed E-state index contributed by atoms with van der Waals surface area (Å²) < 4.78 is 4.29. The van der Waals surface area contributed by atoms with Gasteiger partial charge >= 0.3 is 0 Å². The molecule has 2 nitrogen and oxygen atoms in total. The number of fused-ring (bicyclic) bond motifs is 1. The first-order chi connectivity index (χ1) is 8.25. The van der Waals surface area contributed by atoms with Crippen molar-refractivity contribution in [3.05, 3.63) is 60.4 Å². The quantitative estimate of drug-likeness (QED) is 0.541. The first-order valence-corrected chi connectivity index (χ1v) is 5.70. The Morgan fingerprint density at radius 1 is 1.06 bits per heavy atom. The van der Waals surface area contributed by atoms with E-state index in [9.17, 15) is 0 Å². The maximum Gasteiger partial charge on any atom is 0.188 e. The molecule has 0 saturated carbocycles. The van der Waals surface area contributed by atoms with Gasteiger partial charge in [-0.2, -0.15) is 17.7 Å². The molecule has 0 aliphatic carbocycles. The van der Waals surface area contributed by atoms with E-state index in [0.29, 0.717) is 0 Å². The van der Waals surface area contributed by atoms with E-state index in [4.69, 9.17) is 0 Å². The second-order valence-electron chi connectivity index (χ2n) is 4.34. The number of imidazole rings is 1. The van der Waals surface area contributed by atoms with Gasteiger partial charge in [0, 0.05) is 45.0 Å². The zero-order valence-corrected chi connectivity index (χ0v) is 12.7. The van der Waals surface area contributed by atoms with Crippen LogP contribution in [0.5, 0.6) is 0 Å². The SMILES string of the molecule is Cc1c[c-]c(-n2[cH+]n(C)c3ccccc32)cc1.[Ir]. The zero-order valence-electron chi connectivity index (χ0n) is 10.3. The Bertz CT molecular complexity index is 669. The summed E-state index contributed by atoms with van der Waals surface area (Å²) in [5.74, 6) is 0. The van der Waals surface area contributed by atoms with Gasteiger partial charge in [0.05, 0.1) is 0 Å². The Kier molecular flexibility index (Phi) is 3.65. The van der Waals surface area contributed by atoms with E-state index in [2.05, 4.69) is 71.9 Å². The van der Waals surface area contributed by atoms with Crippen molar-refractivity contribution in [1.29, 1.82) is 0 Å². The fourth-order valence-corrected chi connectivity index (χ4v) is 2.10. The first kappa shape index (κ1) is 13.0. The molecule has 0 amide bonds. The number of rotatable bonds is 1. The topological polar surface area (TPSA) is 9.86 Å². The summed E-state index contributed by atoms with van der Waals surface area (Å²) in [6.07, 6.45) is 2.09. The van der Waals surface area contributed by atoms with Crippen molar-refractivity contribution in [1.82, 2.24) is 9.13 Å². The van der Waals surface area contributed by atoms with Crippen LogP contribution in [0.15, 0.2) is 48.8 Å². The third kappa shape index (κ3) is 2.12. The fraction of sp³-hybridized carbons (Fsp3) is 0.133. The number of hydrogen-bond donors (Lipinski definition) is 0. The van der Waals surface area contributed by atoms with Gasteiger partial charge in [-0.25, -0.2) is 9.13 Å². The second kappa shape index (κ2) is 5.05. The molecule has 0 atom stereocenters. The summed E-state index contributed by atoms with van der Waals surface area (Å²) in [5.41, 5.74) is 4.73. The smallest absolute Gasteiger partial charge is 0.188 e. The van der Waals surface area contributed by atoms with Crippen LogP contribution in [0.2, 0.25) is 0 Å². The molecule has 0 fully saturated rings. The number of benzene rings is 2. The van der Waals surface area contributed by atoms with E-state index in [1.165, 1.54) is 16.6 Å². The molecule has 0 N–H and O–H groups in total. The molecule has 0 bridgehead atoms. The molecule has 0 aliphatic rings. The molecule has 2 aromatic carbocycles. The molecule has 18 heavy (non-hydrogen) atoms. The minimum Gasteiger partial charge on any atom is -0.248 e. The Balaban J connectivity index is 0.00000120. The average molecular weight is 415 g/mol. The van der Waals surface area contributed by atoms with Gasteiger partial charge in [0.2, 0.25) is 0 Å². The maximum absolute atomic E-state index is 3.31. The molecular weight excluding hydrogens is 400 g/mol. The molecule has 0 aliphatic heterocycles. The number of hydrogen-bond acceptors (Lipinski definition) is 0. The van der Waals surface area contributed by atoms with Crippen molar-refractivity contribution < 1.29 is 20.1 Å². The summed E-state index contributed by atoms with van der Waals surface area (Å²) in [6, 6.07) is 17.9. The van der Waals surface area contributed by atoms with Gasteiger partial charge in [0.1, 0.15) is 0 Å². The van der Waals surface area contributed by atoms with Crippen molar-refractivity contribution in [2.45, 2.75) is 6.92 Å². The molecule has 3 rings (SSSR count). The summed E-state index contributed by atoms with van der Waals surface area (Å²) in [7, 11) is 2.06. The van der Waals surface area contributed by atoms with Gasteiger partial charge in [-0.3, -0.25) is 0 Å². The fourth-order valence-electron chi connectivity index (χ4n) is 2.10. The standard InChI is InChI=1S/C15H14N2.Ir/c1-12-7-9-13(10-8-12)17-11-16(2)14-5-3-4-6-15(14)17;/h3-9,11H,1-2H3;. The molecular formula is C15H14IrN2. The molecule has 1 radical (unpaired) electrons. The maximum atomic E-state index is 3.31. The van der Waals surface area contributed by atoms with Crippen LogP contribution >= 0.6 is 0 Å². The molecule has 0 unspecified atom stereocenters. The van der Waals surface area contributed by atoms with Crippen LogP contribution in [0.3, 0.4) is 0 Å². The second-order valence-corrected chi connectivity index (χ2v) is 4.34. The monoisotopic (exact) mass is 415 g/mol. The Hall–Kier alpha value is -1.44. The van der Waals surface area contributed by atoms with Crippen LogP contribution < -0.4 is 0 Å². The number of para-hydroxylation sites is 2. The molecule has 1 heterocycles. The summed E-state index contributed by atoms with van der Waals surface area (Å²) >= 11 is 0. The van der Waals surface area contributed by atoms with Gasteiger partial charge in [0.15, 0.2) is 17.4 Å². The Morgan fingerprint density at radius 3 is 2.44 bits per heavy atom. The molecule has 0 spiro atoms. The molecule has 1 aromatic heterocycles. The summed E-state index contributed by atoms with van der Waals surface area (Å²) in [5, 5.41) is 0. The van der Waals surface area contributed by atoms with Crippen molar-refractivity contribution in [3.8, 4) is 5.69 Å². The van der Waals surface area contributed by atoms with E-state index in [0.717, 1.165) is 5.69 Å². The van der Waals surface area contributed by atoms with Gasteiger partial charge in [-0.1, -0.05) is 6.92 Å². The van der Waals surface area contributed by atoms with Gasteiger partial charge in [-0.05, 0) is 12.1 Å². The summed E-state index contributed by atoms with van der Waals surface area (Å²) in [4.78, 5) is 0. The zero-order chi connectivity index (χ0) is 11.8. The van der Waals surface area contributed by atoms with Crippen molar-refractivity contribution in [2.75, 3.05) is 0 Å². The first-order valence-electron chi connectivity index (χ1n) is 5.70. The van der Waals surface area contributed by atoms with Crippen LogP contribution in [0.1, 0.15) is 5.56 Å². The number of aryl methyl sites for hydroxylation is 2. The van der Waals surface area contributed by atoms with Crippen LogP contribution in [0.25, 0.3) is 16.7 Å². The largest absolute Gasteiger partial charge is 0.248 e. The van der Waals surface area contributed by atoms with E-state index in [-0.39, 0.29) is 20.1 Å². The van der Waals surface area contributed by atoms with Crippen molar-refractivity contribution in [3.63, 3.8) is 0 Å². The van der Waals surface area contributed by atoms with E-state index < -0.39 is 0 Å². The van der Waals surface area contributed by atoms with E-state index in [1.807, 2.05) is 6.07 Å². The van der Waals surface area contributed by atoms with Gasteiger partial charge in [-0.15, -0.1) is 12.1 Å². The normalized spacial score (nSPS) is 10.3. The number of aromatic nitrogens is 2. The van der Waals surface area contributed by atoms with Crippen molar-refractivity contribution in [2.24, 2.45) is 7.05 Å². The van der Waals surface area contributed by atoms with Crippen LogP contribution in [-0.2, 0) is 27.2 Å². The summed E-state index contributed by atoms with van der Waals surface area (Å²) in [6.45, 7) is 2.08. The number of nitrogens with zero attached hydrogens (tertiary/aromatic N) is 2. The Morgan fingerprint density at radius 2 is 1.78 bits per heavy atom. The van der Waals surface area contributed by atoms with E-state index in [1.54, 1.807) is 0 Å². The minimum atomic E-state index is 0. The van der Waals surface area contributed by atoms with Crippen molar-refractivity contribution >= 4 is 11.0 Å². The van der Waals surface area contributed by atoms with Crippen LogP contribution in [-0.4, -0.2) is 9.13 Å². The van der Waals surface area contributed by atoms with Crippen LogP contribution in [0, 0.1) is 13.0 Å². The molecule has 0 saturated heterocycles. The predicted octanol–water partition coefficient (Wildman–Crippen LogP) is 3.36. The van der Waals surface area contributed by atoms with Gasteiger partial charge < -0.3 is 0 Å². The molecule has 93 valence electrons. The average Bonchev–Trinajstić information content (AvgIpc) is 2.69. The third-order valence-corrected chi connectivity index (χ3v) is 3.02. The molecule has 3 heteroatoms. The van der Waals surface area contributed by atoms with E-state index >= 15 is 0 Å². The predicted molar refractivity (Wildman–Crippen MR) is 70.2 cm³/mol. The third-order valence-electron chi connectivity index (χ3n) is 3.02. The van der Waals surface area contributed by atoms with Gasteiger partial charge in [0.25, 0.3) is 0 Å². The minimum absolute atomic E-state index is 0. The molecule has 3 aromatic rings.